The summed E-state index contributed by atoms with van der Waals surface area (Å²) in [6.07, 6.45) is 0.997. The van der Waals surface area contributed by atoms with E-state index in [2.05, 4.69) is 20.6 Å². The second kappa shape index (κ2) is 9.54. The van der Waals surface area contributed by atoms with Crippen molar-refractivity contribution in [2.45, 2.75) is 12.8 Å². The Morgan fingerprint density at radius 1 is 1.07 bits per heavy atom. The van der Waals surface area contributed by atoms with Crippen LogP contribution in [-0.4, -0.2) is 55.2 Å². The van der Waals surface area contributed by atoms with Gasteiger partial charge < -0.3 is 24.3 Å². The zero-order valence-electron chi connectivity index (χ0n) is 16.4. The molecule has 0 saturated carbocycles. The van der Waals surface area contributed by atoms with E-state index in [0.29, 0.717) is 18.6 Å². The fourth-order valence-electron chi connectivity index (χ4n) is 2.61. The largest absolute Gasteiger partial charge is 0.482 e. The normalized spacial score (nSPS) is 12.3. The second-order valence-corrected chi connectivity index (χ2v) is 6.14. The smallest absolute Gasteiger partial charge is 0.344 e. The van der Waals surface area contributed by atoms with Gasteiger partial charge in [-0.05, 0) is 30.2 Å². The van der Waals surface area contributed by atoms with E-state index in [0.717, 1.165) is 11.3 Å². The maximum atomic E-state index is 12.0. The quantitative estimate of drug-likeness (QED) is 0.602. The molecule has 2 amide bonds. The van der Waals surface area contributed by atoms with Crippen molar-refractivity contribution in [2.75, 3.05) is 38.1 Å². The molecule has 2 heterocycles. The van der Waals surface area contributed by atoms with Crippen LogP contribution in [0.4, 0.5) is 11.6 Å². The summed E-state index contributed by atoms with van der Waals surface area (Å²) in [7, 11) is 2.82. The summed E-state index contributed by atoms with van der Waals surface area (Å²) in [5, 5.41) is 5.15. The Kier molecular flexibility index (Phi) is 6.63. The number of rotatable bonds is 8. The van der Waals surface area contributed by atoms with Crippen molar-refractivity contribution in [3.8, 4) is 17.5 Å². The highest BCUT2D eigenvalue weighted by atomic mass is 16.6. The van der Waals surface area contributed by atoms with Gasteiger partial charge >= 0.3 is 5.97 Å². The molecule has 0 unspecified atom stereocenters. The van der Waals surface area contributed by atoms with Crippen molar-refractivity contribution in [2.24, 2.45) is 0 Å². The number of carbonyl (C=O) groups is 3. The van der Waals surface area contributed by atoms with Gasteiger partial charge in [0.25, 0.3) is 5.91 Å². The highest BCUT2D eigenvalue weighted by molar-refractivity contribution is 5.94. The molecule has 158 valence electrons. The van der Waals surface area contributed by atoms with E-state index < -0.39 is 18.5 Å². The molecule has 11 nitrogen and oxygen atoms in total. The number of amides is 2. The lowest BCUT2D eigenvalue weighted by Gasteiger charge is -2.17. The number of fused-ring (bicyclic) bond motifs is 1. The van der Waals surface area contributed by atoms with Crippen LogP contribution in [0.3, 0.4) is 0 Å². The van der Waals surface area contributed by atoms with Gasteiger partial charge in [-0.2, -0.15) is 9.97 Å². The number of aryl methyl sites for hydroxylation is 1. The number of benzene rings is 1. The maximum absolute atomic E-state index is 12.0. The van der Waals surface area contributed by atoms with Gasteiger partial charge in [0, 0.05) is 12.1 Å². The molecule has 0 bridgehead atoms. The van der Waals surface area contributed by atoms with Crippen LogP contribution in [0.2, 0.25) is 0 Å². The van der Waals surface area contributed by atoms with Crippen LogP contribution < -0.4 is 24.8 Å². The Hall–Kier alpha value is -3.89. The molecule has 1 aliphatic heterocycles. The van der Waals surface area contributed by atoms with Gasteiger partial charge in [-0.1, -0.05) is 0 Å². The summed E-state index contributed by atoms with van der Waals surface area (Å²) < 4.78 is 20.3. The molecule has 2 aromatic rings. The number of nitrogens with zero attached hydrogens (tertiary/aromatic N) is 2. The van der Waals surface area contributed by atoms with Gasteiger partial charge in [-0.25, -0.2) is 4.79 Å². The summed E-state index contributed by atoms with van der Waals surface area (Å²) in [6, 6.07) is 6.55. The van der Waals surface area contributed by atoms with Crippen molar-refractivity contribution in [1.82, 2.24) is 9.97 Å². The Bertz CT molecular complexity index is 942. The van der Waals surface area contributed by atoms with E-state index in [1.54, 1.807) is 18.2 Å². The zero-order valence-corrected chi connectivity index (χ0v) is 16.4. The van der Waals surface area contributed by atoms with Gasteiger partial charge in [0.2, 0.25) is 23.6 Å². The number of hydrogen-bond acceptors (Lipinski definition) is 9. The van der Waals surface area contributed by atoms with E-state index in [1.807, 2.05) is 0 Å². The standard InChI is InChI=1S/C19H20N4O7/c1-27-16-8-17(28-2)23-19(22-16)21-15(25)9-30-18(26)10-29-12-4-5-13-11(7-12)3-6-14(24)20-13/h4-5,7-8H,3,6,9-10H2,1-2H3,(H,20,24)(H,21,22,23,25). The first-order valence-corrected chi connectivity index (χ1v) is 8.95. The molecule has 0 aliphatic carbocycles. The van der Waals surface area contributed by atoms with Crippen molar-refractivity contribution < 1.29 is 33.3 Å². The maximum Gasteiger partial charge on any atom is 0.344 e. The molecule has 11 heteroatoms. The van der Waals surface area contributed by atoms with Gasteiger partial charge in [0.15, 0.2) is 13.2 Å². The number of hydrogen-bond donors (Lipinski definition) is 2. The number of carbonyl (C=O) groups excluding carboxylic acids is 3. The minimum Gasteiger partial charge on any atom is -0.482 e. The molecule has 0 atom stereocenters. The Labute approximate surface area is 171 Å². The number of aromatic nitrogens is 2. The number of methoxy groups -OCH3 is 2. The summed E-state index contributed by atoms with van der Waals surface area (Å²) in [4.78, 5) is 43.1. The first-order chi connectivity index (χ1) is 14.5. The predicted molar refractivity (Wildman–Crippen MR) is 104 cm³/mol. The van der Waals surface area contributed by atoms with Crippen LogP contribution in [0.15, 0.2) is 24.3 Å². The molecule has 2 N–H and O–H groups in total. The molecule has 30 heavy (non-hydrogen) atoms. The first kappa shape index (κ1) is 20.8. The van der Waals surface area contributed by atoms with Crippen LogP contribution in [0, 0.1) is 0 Å². The third kappa shape index (κ3) is 5.56. The number of ether oxygens (including phenoxy) is 4. The van der Waals surface area contributed by atoms with E-state index in [-0.39, 0.29) is 30.2 Å². The Morgan fingerprint density at radius 2 is 1.80 bits per heavy atom. The first-order valence-electron chi connectivity index (χ1n) is 8.95. The lowest BCUT2D eigenvalue weighted by atomic mass is 10.0. The fraction of sp³-hybridized carbons (Fsp3) is 0.316. The van der Waals surface area contributed by atoms with E-state index in [1.165, 1.54) is 20.3 Å². The molecular formula is C19H20N4O7. The monoisotopic (exact) mass is 416 g/mol. The lowest BCUT2D eigenvalue weighted by molar-refractivity contribution is -0.149. The fourth-order valence-corrected chi connectivity index (χ4v) is 2.61. The second-order valence-electron chi connectivity index (χ2n) is 6.14. The Morgan fingerprint density at radius 3 is 2.50 bits per heavy atom. The highest BCUT2D eigenvalue weighted by Crippen LogP contribution is 2.26. The van der Waals surface area contributed by atoms with Gasteiger partial charge in [-0.3, -0.25) is 14.9 Å². The molecule has 0 fully saturated rings. The van der Waals surface area contributed by atoms with Crippen molar-refractivity contribution >= 4 is 29.4 Å². The minimum absolute atomic E-state index is 0.0317. The molecule has 1 aromatic heterocycles. The molecule has 0 spiro atoms. The number of anilines is 2. The van der Waals surface area contributed by atoms with E-state index in [4.69, 9.17) is 18.9 Å². The summed E-state index contributed by atoms with van der Waals surface area (Å²) in [5.41, 5.74) is 1.66. The third-order valence-electron chi connectivity index (χ3n) is 4.04. The average Bonchev–Trinajstić information content (AvgIpc) is 2.75. The van der Waals surface area contributed by atoms with Crippen LogP contribution in [0.1, 0.15) is 12.0 Å². The van der Waals surface area contributed by atoms with Gasteiger partial charge in [-0.15, -0.1) is 0 Å². The molecular weight excluding hydrogens is 396 g/mol. The summed E-state index contributed by atoms with van der Waals surface area (Å²) in [5.74, 6) is -0.577. The number of nitrogens with one attached hydrogen (secondary N) is 2. The van der Waals surface area contributed by atoms with Crippen molar-refractivity contribution in [1.29, 1.82) is 0 Å². The highest BCUT2D eigenvalue weighted by Gasteiger charge is 2.16. The molecule has 0 saturated heterocycles. The van der Waals surface area contributed by atoms with E-state index >= 15 is 0 Å². The molecule has 3 rings (SSSR count). The van der Waals surface area contributed by atoms with Crippen molar-refractivity contribution in [3.63, 3.8) is 0 Å². The summed E-state index contributed by atoms with van der Waals surface area (Å²) in [6.45, 7) is -0.913. The minimum atomic E-state index is -0.722. The SMILES string of the molecule is COc1cc(OC)nc(NC(=O)COC(=O)COc2ccc3c(c2)CCC(=O)N3)n1. The van der Waals surface area contributed by atoms with Gasteiger partial charge in [0.05, 0.1) is 20.3 Å². The lowest BCUT2D eigenvalue weighted by Crippen LogP contribution is -2.24. The zero-order chi connectivity index (χ0) is 21.5. The molecule has 1 aromatic carbocycles. The van der Waals surface area contributed by atoms with Crippen LogP contribution >= 0.6 is 0 Å². The average molecular weight is 416 g/mol. The van der Waals surface area contributed by atoms with Crippen molar-refractivity contribution in [3.05, 3.63) is 29.8 Å². The Balaban J connectivity index is 1.46. The number of esters is 1. The predicted octanol–water partition coefficient (Wildman–Crippen LogP) is 0.939. The van der Waals surface area contributed by atoms with Crippen LogP contribution in [-0.2, 0) is 25.5 Å². The van der Waals surface area contributed by atoms with Crippen LogP contribution in [0.25, 0.3) is 0 Å². The molecule has 1 aliphatic rings. The molecule has 0 radical (unpaired) electrons. The van der Waals surface area contributed by atoms with Gasteiger partial charge in [0.1, 0.15) is 5.75 Å². The van der Waals surface area contributed by atoms with Crippen LogP contribution in [0.5, 0.6) is 17.5 Å². The summed E-state index contributed by atoms with van der Waals surface area (Å²) >= 11 is 0. The third-order valence-corrected chi connectivity index (χ3v) is 4.04. The topological polar surface area (TPSA) is 138 Å². The van der Waals surface area contributed by atoms with E-state index in [9.17, 15) is 14.4 Å².